The van der Waals surface area contributed by atoms with Crippen molar-refractivity contribution in [3.8, 4) is 17.5 Å². The monoisotopic (exact) mass is 1010 g/mol. The maximum Gasteiger partial charge on any atom is 0.311 e. The van der Waals surface area contributed by atoms with E-state index in [-0.39, 0.29) is 42.8 Å². The maximum atomic E-state index is 14.4. The van der Waals surface area contributed by atoms with Crippen LogP contribution < -0.4 is 5.56 Å². The van der Waals surface area contributed by atoms with Gasteiger partial charge < -0.3 is 58.5 Å². The molecule has 3 aliphatic heterocycles. The van der Waals surface area contributed by atoms with Crippen molar-refractivity contribution < 1.29 is 63.2 Å². The van der Waals surface area contributed by atoms with Gasteiger partial charge in [-0.25, -0.2) is 0 Å². The highest BCUT2D eigenvalue weighted by Gasteiger charge is 2.54. The summed E-state index contributed by atoms with van der Waals surface area (Å²) < 4.78 is 46.4. The number of ketones is 1. The molecule has 0 bridgehead atoms. The zero-order chi connectivity index (χ0) is 53.5. The normalized spacial score (nSPS) is 38.4. The van der Waals surface area contributed by atoms with Crippen LogP contribution in [0.15, 0.2) is 47.4 Å². The summed E-state index contributed by atoms with van der Waals surface area (Å²) in [7, 11) is 5.00. The van der Waals surface area contributed by atoms with E-state index < -0.39 is 102 Å². The van der Waals surface area contributed by atoms with E-state index in [1.807, 2.05) is 65.2 Å². The van der Waals surface area contributed by atoms with Crippen LogP contribution in [-0.2, 0) is 42.7 Å². The number of aryl methyl sites for hydroxylation is 1. The number of esters is 1. The van der Waals surface area contributed by atoms with Crippen molar-refractivity contribution in [1.82, 2.24) is 9.47 Å². The highest BCUT2D eigenvalue weighted by Crippen LogP contribution is 2.42. The molecule has 0 amide bonds. The fourth-order valence-electron chi connectivity index (χ4n) is 11.1. The van der Waals surface area contributed by atoms with Crippen LogP contribution in [0.4, 0.5) is 0 Å². The smallest absolute Gasteiger partial charge is 0.311 e. The Hall–Kier alpha value is -3.57. The first-order valence-corrected chi connectivity index (χ1v) is 26.0. The number of unbranched alkanes of at least 4 members (excludes halogenated alkanes) is 3. The number of likely N-dealkylation sites (N-methyl/N-ethyl adjacent to an activating group) is 1. The van der Waals surface area contributed by atoms with Crippen LogP contribution in [0.25, 0.3) is 5.69 Å². The Morgan fingerprint density at radius 1 is 0.833 bits per heavy atom. The summed E-state index contributed by atoms with van der Waals surface area (Å²) in [6.07, 6.45) is -4.04. The third kappa shape index (κ3) is 13.8. The number of cyclic esters (lactones) is 1. The number of hydrogen-bond donors (Lipinski definition) is 4. The Balaban J connectivity index is 1.37. The molecule has 1 aromatic carbocycles. The molecule has 2 aromatic rings. The number of hydrogen-bond acceptors (Lipinski definition) is 15. The van der Waals surface area contributed by atoms with Gasteiger partial charge in [0, 0.05) is 74.4 Å². The minimum Gasteiger partial charge on any atom is -0.459 e. The Morgan fingerprint density at radius 2 is 1.50 bits per heavy atom. The van der Waals surface area contributed by atoms with Crippen molar-refractivity contribution in [2.24, 2.45) is 23.7 Å². The topological polar surface area (TPSA) is 205 Å². The van der Waals surface area contributed by atoms with E-state index in [4.69, 9.17) is 33.2 Å². The molecular weight excluding hydrogens is 925 g/mol. The molecule has 3 fully saturated rings. The van der Waals surface area contributed by atoms with Gasteiger partial charge >= 0.3 is 5.97 Å². The Labute approximate surface area is 428 Å². The predicted octanol–water partition coefficient (Wildman–Crippen LogP) is 5.88. The summed E-state index contributed by atoms with van der Waals surface area (Å²) in [5.41, 5.74) is -1.78. The molecule has 3 aliphatic rings. The molecule has 18 atom stereocenters. The number of carbonyl (C=O) groups is 2. The molecule has 3 saturated heterocycles. The van der Waals surface area contributed by atoms with Crippen LogP contribution in [-0.4, -0.2) is 154 Å². The van der Waals surface area contributed by atoms with E-state index in [0.29, 0.717) is 13.0 Å². The lowest BCUT2D eigenvalue weighted by molar-refractivity contribution is -0.319. The fraction of sp³-hybridized carbons (Fsp3) is 0.732. The summed E-state index contributed by atoms with van der Waals surface area (Å²) in [5.74, 6) is 1.86. The Kier molecular flexibility index (Phi) is 20.8. The second-order valence-corrected chi connectivity index (χ2v) is 21.7. The predicted molar refractivity (Wildman–Crippen MR) is 272 cm³/mol. The average Bonchev–Trinajstić information content (AvgIpc) is 3.35. The fourth-order valence-corrected chi connectivity index (χ4v) is 11.1. The van der Waals surface area contributed by atoms with Gasteiger partial charge in [0.05, 0.1) is 47.6 Å². The van der Waals surface area contributed by atoms with Gasteiger partial charge in [0.15, 0.2) is 12.6 Å². The van der Waals surface area contributed by atoms with Crippen molar-refractivity contribution in [3.63, 3.8) is 0 Å². The molecule has 0 aliphatic carbocycles. The SMILES string of the molecule is CCC1OC(=O)[C@H](C)[C@H](OC2C[C@@](C)(OC)[C@@H](O)[C@H](C)O2)[C@H](C)[C@@H](OC2O[C@H](C)C[C@H](N(C)CCCCCC#Cc3ccc(-n4cc(C)ccc4=O)cc3)[C@H]2O)[C@@](C)(OC)C[C@@H](C)C(=O)C(C)[C@@H](O)[C@]1(C)O. The van der Waals surface area contributed by atoms with Crippen LogP contribution in [0.5, 0.6) is 0 Å². The first kappa shape index (κ1) is 59.3. The minimum absolute atomic E-state index is 0.0824. The third-order valence-electron chi connectivity index (χ3n) is 15.9. The molecule has 4 N–H and O–H groups in total. The number of carbonyl (C=O) groups excluding carboxylic acids is 2. The molecule has 0 saturated carbocycles. The summed E-state index contributed by atoms with van der Waals surface area (Å²) in [6, 6.07) is 10.7. The standard InChI is InChI=1S/C56H86N2O14/c1-15-43-56(11,65)49(62)36(5)46(60)34(3)30-55(10,67-14)51(37(6)48(38(7)52(64)70-43)71-45-31-54(9,66-13)50(63)39(8)69-45)72-53-47(61)42(29-35(4)68-53)57(12)28-20-18-16-17-19-21-40-23-25-41(26-24-40)58-32-33(2)22-27-44(58)59/h22-27,32,34-39,42-43,45,47-51,53,61-63,65H,15-18,20,28-31H2,1-14H3/t34-,35-,36?,37+,38-,39+,42+,43?,45?,47-,48-,49-,50+,51-,53?,54-,55+,56-/m1/s1. The van der Waals surface area contributed by atoms with Crippen molar-refractivity contribution in [3.05, 3.63) is 64.1 Å². The number of rotatable bonds is 14. The van der Waals surface area contributed by atoms with E-state index in [1.165, 1.54) is 21.1 Å². The van der Waals surface area contributed by atoms with E-state index in [9.17, 15) is 34.8 Å². The lowest BCUT2D eigenvalue weighted by Crippen LogP contribution is -2.61. The number of Topliss-reactive ketones (excluding diaryl/α,β-unsaturated/α-hetero) is 1. The van der Waals surface area contributed by atoms with Crippen LogP contribution in [0.1, 0.15) is 132 Å². The van der Waals surface area contributed by atoms with Crippen molar-refractivity contribution in [2.75, 3.05) is 27.8 Å². The first-order chi connectivity index (χ1) is 33.8. The number of benzene rings is 1. The lowest BCUT2D eigenvalue weighted by atomic mass is 9.74. The van der Waals surface area contributed by atoms with Gasteiger partial charge in [-0.3, -0.25) is 19.0 Å². The number of methoxy groups -OCH3 is 2. The molecule has 5 rings (SSSR count). The van der Waals surface area contributed by atoms with Gasteiger partial charge in [-0.05, 0) is 124 Å². The number of pyridine rings is 1. The quantitative estimate of drug-likeness (QED) is 0.0991. The molecule has 0 radical (unpaired) electrons. The molecule has 1 aromatic heterocycles. The second-order valence-electron chi connectivity index (χ2n) is 21.7. The van der Waals surface area contributed by atoms with Crippen molar-refractivity contribution in [1.29, 1.82) is 0 Å². The van der Waals surface area contributed by atoms with Gasteiger partial charge in [-0.2, -0.15) is 0 Å². The van der Waals surface area contributed by atoms with Gasteiger partial charge in [-0.1, -0.05) is 52.0 Å². The number of nitrogens with zero attached hydrogens (tertiary/aromatic N) is 2. The highest BCUT2D eigenvalue weighted by atomic mass is 16.7. The summed E-state index contributed by atoms with van der Waals surface area (Å²) in [5, 5.41) is 46.7. The molecule has 0 spiro atoms. The number of ether oxygens (including phenoxy) is 7. The van der Waals surface area contributed by atoms with Gasteiger partial charge in [0.2, 0.25) is 0 Å². The van der Waals surface area contributed by atoms with E-state index >= 15 is 0 Å². The van der Waals surface area contributed by atoms with Crippen molar-refractivity contribution in [2.45, 2.75) is 212 Å². The largest absolute Gasteiger partial charge is 0.459 e. The summed E-state index contributed by atoms with van der Waals surface area (Å²) in [4.78, 5) is 43.2. The van der Waals surface area contributed by atoms with Gasteiger partial charge in [-0.15, -0.1) is 0 Å². The van der Waals surface area contributed by atoms with E-state index in [1.54, 1.807) is 58.2 Å². The van der Waals surface area contributed by atoms with Crippen LogP contribution in [0.2, 0.25) is 0 Å². The van der Waals surface area contributed by atoms with Crippen LogP contribution in [0.3, 0.4) is 0 Å². The average molecular weight is 1010 g/mol. The van der Waals surface area contributed by atoms with Crippen LogP contribution in [0, 0.1) is 42.4 Å². The van der Waals surface area contributed by atoms with Gasteiger partial charge in [0.25, 0.3) is 5.56 Å². The number of aliphatic hydroxyl groups is 4. The molecule has 4 unspecified atom stereocenters. The minimum atomic E-state index is -1.99. The molecule has 16 nitrogen and oxygen atoms in total. The maximum absolute atomic E-state index is 14.4. The van der Waals surface area contributed by atoms with E-state index in [0.717, 1.165) is 42.5 Å². The Bertz CT molecular complexity index is 2210. The first-order valence-electron chi connectivity index (χ1n) is 26.0. The summed E-state index contributed by atoms with van der Waals surface area (Å²) in [6.45, 7) is 19.8. The molecule has 404 valence electrons. The number of aliphatic hydroxyl groups excluding tert-OH is 3. The Morgan fingerprint density at radius 3 is 2.14 bits per heavy atom. The zero-order valence-corrected chi connectivity index (χ0v) is 45.3. The summed E-state index contributed by atoms with van der Waals surface area (Å²) >= 11 is 0. The second kappa shape index (κ2) is 25.3. The van der Waals surface area contributed by atoms with Crippen molar-refractivity contribution >= 4 is 11.8 Å². The van der Waals surface area contributed by atoms with E-state index in [2.05, 4.69) is 16.7 Å². The molecule has 72 heavy (non-hydrogen) atoms. The third-order valence-corrected chi connectivity index (χ3v) is 15.9. The van der Waals surface area contributed by atoms with Gasteiger partial charge in [0.1, 0.15) is 29.7 Å². The number of aromatic nitrogens is 1. The molecular formula is C56H86N2O14. The zero-order valence-electron chi connectivity index (χ0n) is 45.3. The lowest BCUT2D eigenvalue weighted by Gasteiger charge is -2.50. The molecule has 4 heterocycles. The highest BCUT2D eigenvalue weighted by molar-refractivity contribution is 5.83. The molecule has 16 heteroatoms. The van der Waals surface area contributed by atoms with Crippen LogP contribution >= 0.6 is 0 Å².